The quantitative estimate of drug-likeness (QED) is 0.538. The third-order valence-electron chi connectivity index (χ3n) is 5.39. The molecule has 3 rings (SSSR count). The number of halogens is 2. The Morgan fingerprint density at radius 1 is 0.821 bits per heavy atom. The van der Waals surface area contributed by atoms with Crippen LogP contribution in [0.2, 0.25) is 15.9 Å². The topological polar surface area (TPSA) is 12.0 Å². The van der Waals surface area contributed by atoms with Crippen LogP contribution in [0.3, 0.4) is 0 Å². The minimum Gasteiger partial charge on any atom is -0.320 e. The fourth-order valence-corrected chi connectivity index (χ4v) is 4.21. The Bertz CT molecular complexity index is 876. The van der Waals surface area contributed by atoms with Gasteiger partial charge in [0.2, 0.25) is 6.71 Å². The summed E-state index contributed by atoms with van der Waals surface area (Å²) in [5, 5.41) is 5.01. The second-order valence-electron chi connectivity index (χ2n) is 7.50. The van der Waals surface area contributed by atoms with Crippen molar-refractivity contribution in [3.63, 3.8) is 0 Å². The second kappa shape index (κ2) is 9.65. The lowest BCUT2D eigenvalue weighted by Gasteiger charge is -2.26. The molecule has 0 aromatic heterocycles. The molecule has 0 amide bonds. The highest BCUT2D eigenvalue weighted by molar-refractivity contribution is 6.86. The number of aryl methyl sites for hydroxylation is 2. The SMILES string of the molecule is CNCC(Cc1ccccc1)B(c1ccc(C)c(Cl)c1)c1ccc(C)c(Cl)c1. The number of hydrogen-bond acceptors (Lipinski definition) is 1. The molecule has 0 bridgehead atoms. The van der Waals surface area contributed by atoms with Crippen LogP contribution in [-0.4, -0.2) is 20.3 Å². The van der Waals surface area contributed by atoms with Gasteiger partial charge in [0.05, 0.1) is 0 Å². The molecule has 1 unspecified atom stereocenters. The summed E-state index contributed by atoms with van der Waals surface area (Å²) in [6, 6.07) is 23.5. The van der Waals surface area contributed by atoms with Gasteiger partial charge in [-0.3, -0.25) is 0 Å². The number of benzene rings is 3. The zero-order valence-corrected chi connectivity index (χ0v) is 18.2. The van der Waals surface area contributed by atoms with Crippen molar-refractivity contribution in [2.45, 2.75) is 26.1 Å². The maximum Gasteiger partial charge on any atom is 0.214 e. The van der Waals surface area contributed by atoms with Crippen LogP contribution in [0, 0.1) is 13.8 Å². The Hall–Kier alpha value is -1.74. The average Bonchev–Trinajstić information content (AvgIpc) is 2.68. The Morgan fingerprint density at radius 3 is 1.82 bits per heavy atom. The van der Waals surface area contributed by atoms with Crippen LogP contribution >= 0.6 is 23.2 Å². The van der Waals surface area contributed by atoms with E-state index in [2.05, 4.69) is 72.0 Å². The number of rotatable bonds is 7. The molecule has 1 atom stereocenters. The first kappa shape index (κ1) is 21.0. The van der Waals surface area contributed by atoms with Crippen molar-refractivity contribution in [3.8, 4) is 0 Å². The lowest BCUT2D eigenvalue weighted by atomic mass is 9.32. The fraction of sp³-hybridized carbons (Fsp3) is 0.250. The molecule has 0 saturated carbocycles. The summed E-state index contributed by atoms with van der Waals surface area (Å²) in [4.78, 5) is 0. The molecular weight excluding hydrogens is 384 g/mol. The van der Waals surface area contributed by atoms with Crippen molar-refractivity contribution < 1.29 is 0 Å². The smallest absolute Gasteiger partial charge is 0.214 e. The predicted octanol–water partition coefficient (Wildman–Crippen LogP) is 5.05. The number of nitrogens with one attached hydrogen (secondary N) is 1. The lowest BCUT2D eigenvalue weighted by molar-refractivity contribution is 0.714. The molecule has 1 N–H and O–H groups in total. The highest BCUT2D eigenvalue weighted by Crippen LogP contribution is 2.22. The third-order valence-corrected chi connectivity index (χ3v) is 6.20. The van der Waals surface area contributed by atoms with E-state index in [1.807, 2.05) is 20.9 Å². The first-order valence-corrected chi connectivity index (χ1v) is 10.5. The Labute approximate surface area is 179 Å². The number of hydrogen-bond donors (Lipinski definition) is 1. The summed E-state index contributed by atoms with van der Waals surface area (Å²) in [6.07, 6.45) is 0.976. The van der Waals surface area contributed by atoms with Gasteiger partial charge in [0.1, 0.15) is 0 Å². The van der Waals surface area contributed by atoms with Crippen LogP contribution in [0.5, 0.6) is 0 Å². The molecule has 3 aromatic rings. The monoisotopic (exact) mass is 409 g/mol. The molecule has 0 heterocycles. The molecule has 0 aliphatic rings. The second-order valence-corrected chi connectivity index (χ2v) is 8.32. The van der Waals surface area contributed by atoms with Crippen molar-refractivity contribution in [1.82, 2.24) is 5.32 Å². The summed E-state index contributed by atoms with van der Waals surface area (Å²) in [7, 11) is 2.01. The molecular formula is C24H26BCl2N. The van der Waals surface area contributed by atoms with Crippen molar-refractivity contribution in [2.75, 3.05) is 13.6 Å². The fourth-order valence-electron chi connectivity index (χ4n) is 3.83. The standard InChI is InChI=1S/C24H26BCl2N/c1-17-9-11-20(14-23(17)26)25(21-12-10-18(2)24(27)15-21)22(16-28-3)13-19-7-5-4-6-8-19/h4-12,14-15,22,28H,13,16H2,1-3H3. The van der Waals surface area contributed by atoms with Crippen LogP contribution in [0.1, 0.15) is 16.7 Å². The van der Waals surface area contributed by atoms with Crippen LogP contribution in [0.25, 0.3) is 0 Å². The lowest BCUT2D eigenvalue weighted by Crippen LogP contribution is -2.49. The van der Waals surface area contributed by atoms with Gasteiger partial charge in [0.25, 0.3) is 0 Å². The van der Waals surface area contributed by atoms with Crippen molar-refractivity contribution in [2.24, 2.45) is 0 Å². The van der Waals surface area contributed by atoms with Gasteiger partial charge < -0.3 is 5.32 Å². The van der Waals surface area contributed by atoms with Gasteiger partial charge >= 0.3 is 0 Å². The van der Waals surface area contributed by atoms with E-state index in [1.165, 1.54) is 16.5 Å². The Kier molecular flexibility index (Phi) is 7.23. The van der Waals surface area contributed by atoms with Crippen LogP contribution < -0.4 is 16.2 Å². The largest absolute Gasteiger partial charge is 0.320 e. The van der Waals surface area contributed by atoms with E-state index in [0.29, 0.717) is 5.82 Å². The minimum atomic E-state index is 0.198. The van der Waals surface area contributed by atoms with Gasteiger partial charge in [-0.05, 0) is 68.5 Å². The summed E-state index contributed by atoms with van der Waals surface area (Å²) >= 11 is 13.0. The summed E-state index contributed by atoms with van der Waals surface area (Å²) in [5.41, 5.74) is 5.99. The van der Waals surface area contributed by atoms with E-state index in [4.69, 9.17) is 23.2 Å². The zero-order chi connectivity index (χ0) is 20.1. The predicted molar refractivity (Wildman–Crippen MR) is 125 cm³/mol. The van der Waals surface area contributed by atoms with Crippen molar-refractivity contribution in [3.05, 3.63) is 93.5 Å². The molecule has 0 fully saturated rings. The van der Waals surface area contributed by atoms with E-state index in [-0.39, 0.29) is 6.71 Å². The Balaban J connectivity index is 2.08. The van der Waals surface area contributed by atoms with Gasteiger partial charge in [0.15, 0.2) is 0 Å². The van der Waals surface area contributed by atoms with Crippen molar-refractivity contribution >= 4 is 40.8 Å². The first-order chi connectivity index (χ1) is 13.5. The molecule has 4 heteroatoms. The van der Waals surface area contributed by atoms with E-state index in [9.17, 15) is 0 Å². The van der Waals surface area contributed by atoms with Gasteiger partial charge in [0, 0.05) is 10.0 Å². The highest BCUT2D eigenvalue weighted by atomic mass is 35.5. The molecule has 144 valence electrons. The molecule has 28 heavy (non-hydrogen) atoms. The van der Waals surface area contributed by atoms with Crippen LogP contribution in [-0.2, 0) is 6.42 Å². The minimum absolute atomic E-state index is 0.198. The summed E-state index contributed by atoms with van der Waals surface area (Å²) in [6.45, 7) is 5.18. The van der Waals surface area contributed by atoms with Crippen LogP contribution in [0.4, 0.5) is 0 Å². The normalized spacial score (nSPS) is 12.0. The third kappa shape index (κ3) is 5.00. The van der Waals surface area contributed by atoms with Gasteiger partial charge in [-0.1, -0.05) is 88.7 Å². The molecule has 0 aliphatic carbocycles. The van der Waals surface area contributed by atoms with E-state index >= 15 is 0 Å². The summed E-state index contributed by atoms with van der Waals surface area (Å²) < 4.78 is 0. The average molecular weight is 410 g/mol. The molecule has 0 aliphatic heterocycles. The Morgan fingerprint density at radius 2 is 1.36 bits per heavy atom. The highest BCUT2D eigenvalue weighted by Gasteiger charge is 2.29. The zero-order valence-electron chi connectivity index (χ0n) is 16.7. The molecule has 0 spiro atoms. The van der Waals surface area contributed by atoms with E-state index < -0.39 is 0 Å². The van der Waals surface area contributed by atoms with Crippen LogP contribution in [0.15, 0.2) is 66.7 Å². The summed E-state index contributed by atoms with van der Waals surface area (Å²) in [5.74, 6) is 0.366. The van der Waals surface area contributed by atoms with Crippen molar-refractivity contribution in [1.29, 1.82) is 0 Å². The maximum atomic E-state index is 6.50. The van der Waals surface area contributed by atoms with Gasteiger partial charge in [-0.2, -0.15) is 0 Å². The first-order valence-electron chi connectivity index (χ1n) is 9.70. The molecule has 1 nitrogen and oxygen atoms in total. The van der Waals surface area contributed by atoms with E-state index in [1.54, 1.807) is 0 Å². The van der Waals surface area contributed by atoms with Gasteiger partial charge in [-0.15, -0.1) is 0 Å². The maximum absolute atomic E-state index is 6.50. The molecule has 0 saturated heterocycles. The molecule has 0 radical (unpaired) electrons. The van der Waals surface area contributed by atoms with E-state index in [0.717, 1.165) is 34.1 Å². The molecule has 3 aromatic carbocycles. The van der Waals surface area contributed by atoms with Gasteiger partial charge in [-0.25, -0.2) is 0 Å².